The number of hydrogen-bond acceptors (Lipinski definition) is 8. The van der Waals surface area contributed by atoms with Crippen molar-refractivity contribution in [3.8, 4) is 17.5 Å². The van der Waals surface area contributed by atoms with Crippen LogP contribution in [0.1, 0.15) is 29.7 Å². The molecule has 180 valence electrons. The van der Waals surface area contributed by atoms with Gasteiger partial charge in [-0.1, -0.05) is 24.6 Å². The standard InChI is InChI=1S/C22H19ClF3N3O5/c1-12-10-14(8-9-27-12)21(31,22(24,25)26)13(2)16-5-4-15(11-17(16)23)33-18-6-7-19(29-28-18)34-20(30)32-3/h4-11,13,31H,1-3H3. The molecule has 0 amide bonds. The maximum Gasteiger partial charge on any atom is 0.514 e. The molecule has 0 bridgehead atoms. The Bertz CT molecular complexity index is 1180. The van der Waals surface area contributed by atoms with Crippen LogP contribution in [0, 0.1) is 6.92 Å². The number of aromatic nitrogens is 3. The molecule has 2 unspecified atom stereocenters. The van der Waals surface area contributed by atoms with E-state index in [-0.39, 0.29) is 33.7 Å². The Morgan fingerprint density at radius 1 is 1.09 bits per heavy atom. The van der Waals surface area contributed by atoms with E-state index in [1.807, 2.05) is 0 Å². The molecule has 0 aliphatic carbocycles. The minimum Gasteiger partial charge on any atom is -0.437 e. The fourth-order valence-corrected chi connectivity index (χ4v) is 3.59. The molecular weight excluding hydrogens is 479 g/mol. The number of ether oxygens (including phenoxy) is 3. The van der Waals surface area contributed by atoms with E-state index in [1.54, 1.807) is 0 Å². The first-order valence-corrected chi connectivity index (χ1v) is 10.1. The quantitative estimate of drug-likeness (QED) is 0.456. The lowest BCUT2D eigenvalue weighted by atomic mass is 9.78. The molecule has 0 saturated carbocycles. The van der Waals surface area contributed by atoms with Crippen molar-refractivity contribution in [2.24, 2.45) is 0 Å². The van der Waals surface area contributed by atoms with E-state index in [0.29, 0.717) is 5.69 Å². The molecule has 8 nitrogen and oxygen atoms in total. The Morgan fingerprint density at radius 2 is 1.76 bits per heavy atom. The SMILES string of the molecule is COC(=O)Oc1ccc(Oc2ccc(C(C)C(O)(c3ccnc(C)c3)C(F)(F)F)c(Cl)c2)nn1. The Hall–Kier alpha value is -3.44. The zero-order valence-corrected chi connectivity index (χ0v) is 18.9. The number of aryl methyl sites for hydroxylation is 1. The van der Waals surface area contributed by atoms with E-state index in [1.165, 1.54) is 56.4 Å². The molecule has 2 atom stereocenters. The van der Waals surface area contributed by atoms with Crippen LogP contribution in [-0.4, -0.2) is 39.7 Å². The van der Waals surface area contributed by atoms with Crippen molar-refractivity contribution in [2.75, 3.05) is 7.11 Å². The number of methoxy groups -OCH3 is 1. The van der Waals surface area contributed by atoms with Crippen molar-refractivity contribution in [2.45, 2.75) is 31.5 Å². The molecule has 0 saturated heterocycles. The molecule has 34 heavy (non-hydrogen) atoms. The summed E-state index contributed by atoms with van der Waals surface area (Å²) in [7, 11) is 1.13. The number of rotatable bonds is 6. The Labute approximate surface area is 197 Å². The van der Waals surface area contributed by atoms with Crippen LogP contribution in [0.3, 0.4) is 0 Å². The van der Waals surface area contributed by atoms with Crippen molar-refractivity contribution in [1.29, 1.82) is 0 Å². The molecule has 0 aliphatic heterocycles. The van der Waals surface area contributed by atoms with Crippen LogP contribution in [-0.2, 0) is 10.3 Å². The van der Waals surface area contributed by atoms with Gasteiger partial charge in [-0.2, -0.15) is 13.2 Å². The first kappa shape index (κ1) is 25.2. The minimum atomic E-state index is -5.00. The van der Waals surface area contributed by atoms with Gasteiger partial charge in [0.2, 0.25) is 11.8 Å². The topological polar surface area (TPSA) is 104 Å². The van der Waals surface area contributed by atoms with Gasteiger partial charge in [0, 0.05) is 35.0 Å². The number of benzene rings is 1. The Balaban J connectivity index is 1.86. The summed E-state index contributed by atoms with van der Waals surface area (Å²) in [5.74, 6) is -1.43. The second-order valence-corrected chi connectivity index (χ2v) is 7.63. The summed E-state index contributed by atoms with van der Waals surface area (Å²) in [5, 5.41) is 18.2. The molecule has 3 rings (SSSR count). The van der Waals surface area contributed by atoms with Crippen LogP contribution >= 0.6 is 11.6 Å². The van der Waals surface area contributed by atoms with Gasteiger partial charge < -0.3 is 19.3 Å². The number of carbonyl (C=O) groups is 1. The van der Waals surface area contributed by atoms with Gasteiger partial charge in [-0.25, -0.2) is 4.79 Å². The third-order valence-electron chi connectivity index (χ3n) is 5.03. The van der Waals surface area contributed by atoms with E-state index in [2.05, 4.69) is 19.9 Å². The Kier molecular flexibility index (Phi) is 7.27. The van der Waals surface area contributed by atoms with Gasteiger partial charge in [-0.05, 0) is 42.3 Å². The fourth-order valence-electron chi connectivity index (χ4n) is 3.25. The second-order valence-electron chi connectivity index (χ2n) is 7.22. The molecule has 0 aliphatic rings. The van der Waals surface area contributed by atoms with Crippen LogP contribution in [0.5, 0.6) is 17.5 Å². The number of carbonyl (C=O) groups excluding carboxylic acids is 1. The van der Waals surface area contributed by atoms with Crippen LogP contribution < -0.4 is 9.47 Å². The van der Waals surface area contributed by atoms with Crippen molar-refractivity contribution >= 4 is 17.8 Å². The highest BCUT2D eigenvalue weighted by Crippen LogP contribution is 2.50. The maximum absolute atomic E-state index is 14.1. The molecule has 1 N–H and O–H groups in total. The predicted molar refractivity (Wildman–Crippen MR) is 114 cm³/mol. The fraction of sp³-hybridized carbons (Fsp3) is 0.273. The van der Waals surface area contributed by atoms with Gasteiger partial charge in [0.1, 0.15) is 5.75 Å². The zero-order chi connectivity index (χ0) is 25.1. The van der Waals surface area contributed by atoms with E-state index >= 15 is 0 Å². The molecule has 12 heteroatoms. The summed E-state index contributed by atoms with van der Waals surface area (Å²) in [4.78, 5) is 15.0. The van der Waals surface area contributed by atoms with Gasteiger partial charge in [-0.15, -0.1) is 10.2 Å². The number of alkyl halides is 3. The van der Waals surface area contributed by atoms with Crippen LogP contribution in [0.4, 0.5) is 18.0 Å². The third kappa shape index (κ3) is 5.20. The highest BCUT2D eigenvalue weighted by molar-refractivity contribution is 6.31. The van der Waals surface area contributed by atoms with Crippen molar-refractivity contribution < 1.29 is 37.3 Å². The van der Waals surface area contributed by atoms with Crippen LogP contribution in [0.15, 0.2) is 48.7 Å². The number of hydrogen-bond donors (Lipinski definition) is 1. The molecule has 2 heterocycles. The van der Waals surface area contributed by atoms with Gasteiger partial charge in [0.25, 0.3) is 0 Å². The maximum atomic E-state index is 14.1. The number of aliphatic hydroxyl groups is 1. The van der Waals surface area contributed by atoms with Gasteiger partial charge >= 0.3 is 12.3 Å². The van der Waals surface area contributed by atoms with Crippen molar-refractivity contribution in [3.63, 3.8) is 0 Å². The summed E-state index contributed by atoms with van der Waals surface area (Å²) in [5.41, 5.74) is -3.18. The first-order chi connectivity index (χ1) is 16.0. The number of nitrogens with zero attached hydrogens (tertiary/aromatic N) is 3. The predicted octanol–water partition coefficient (Wildman–Crippen LogP) is 5.32. The molecule has 3 aromatic rings. The number of pyridine rings is 1. The van der Waals surface area contributed by atoms with Gasteiger partial charge in [-0.3, -0.25) is 4.98 Å². The van der Waals surface area contributed by atoms with Crippen LogP contribution in [0.25, 0.3) is 0 Å². The summed E-state index contributed by atoms with van der Waals surface area (Å²) >= 11 is 6.29. The summed E-state index contributed by atoms with van der Waals surface area (Å²) in [6.07, 6.45) is -4.77. The Morgan fingerprint density at radius 3 is 2.32 bits per heavy atom. The smallest absolute Gasteiger partial charge is 0.437 e. The van der Waals surface area contributed by atoms with Gasteiger partial charge in [0.05, 0.1) is 7.11 Å². The lowest BCUT2D eigenvalue weighted by molar-refractivity contribution is -0.274. The molecule has 1 aromatic carbocycles. The zero-order valence-electron chi connectivity index (χ0n) is 18.1. The average molecular weight is 498 g/mol. The monoisotopic (exact) mass is 497 g/mol. The normalized spacial score (nSPS) is 14.1. The lowest BCUT2D eigenvalue weighted by Gasteiger charge is -2.37. The van der Waals surface area contributed by atoms with Crippen molar-refractivity contribution in [3.05, 3.63) is 70.5 Å². The summed E-state index contributed by atoms with van der Waals surface area (Å²) < 4.78 is 56.8. The van der Waals surface area contributed by atoms with E-state index < -0.39 is 23.9 Å². The minimum absolute atomic E-state index is 0.00754. The molecule has 0 fully saturated rings. The van der Waals surface area contributed by atoms with Crippen LogP contribution in [0.2, 0.25) is 5.02 Å². The highest BCUT2D eigenvalue weighted by atomic mass is 35.5. The summed E-state index contributed by atoms with van der Waals surface area (Å²) in [6.45, 7) is 2.76. The molecule has 0 spiro atoms. The summed E-state index contributed by atoms with van der Waals surface area (Å²) in [6, 6.07) is 8.96. The van der Waals surface area contributed by atoms with Crippen molar-refractivity contribution in [1.82, 2.24) is 15.2 Å². The number of halogens is 4. The molecule has 2 aromatic heterocycles. The largest absolute Gasteiger partial charge is 0.514 e. The van der Waals surface area contributed by atoms with E-state index in [4.69, 9.17) is 21.1 Å². The van der Waals surface area contributed by atoms with Gasteiger partial charge in [0.15, 0.2) is 5.60 Å². The lowest BCUT2D eigenvalue weighted by Crippen LogP contribution is -2.46. The first-order valence-electron chi connectivity index (χ1n) is 9.74. The van der Waals surface area contributed by atoms with E-state index in [0.717, 1.165) is 13.2 Å². The molecular formula is C22H19ClF3N3O5. The average Bonchev–Trinajstić information content (AvgIpc) is 2.78. The van der Waals surface area contributed by atoms with E-state index in [9.17, 15) is 23.1 Å². The highest BCUT2D eigenvalue weighted by Gasteiger charge is 2.59. The third-order valence-corrected chi connectivity index (χ3v) is 5.35. The molecule has 0 radical (unpaired) electrons. The second kappa shape index (κ2) is 9.82.